The monoisotopic (exact) mass is 360 g/mol. The van der Waals surface area contributed by atoms with Gasteiger partial charge >= 0.3 is 0 Å². The maximum atomic E-state index is 9.30. The van der Waals surface area contributed by atoms with E-state index in [-0.39, 0.29) is 0 Å². The average Bonchev–Trinajstić information content (AvgIpc) is 2.75. The molecule has 0 N–H and O–H groups in total. The molecule has 3 fully saturated rings. The Labute approximate surface area is 165 Å². The van der Waals surface area contributed by atoms with Crippen molar-refractivity contribution in [3.8, 4) is 12.1 Å². The minimum absolute atomic E-state index is 0.351. The maximum Gasteiger partial charge on any atom is 0.129 e. The van der Waals surface area contributed by atoms with Gasteiger partial charge in [0, 0.05) is 0 Å². The summed E-state index contributed by atoms with van der Waals surface area (Å²) >= 11 is 0. The zero-order valence-electron chi connectivity index (χ0n) is 15.7. The molecule has 3 aromatic rings. The molecule has 2 bridgehead atoms. The third kappa shape index (κ3) is 2.62. The van der Waals surface area contributed by atoms with Crippen LogP contribution in [0.15, 0.2) is 71.3 Å². The summed E-state index contributed by atoms with van der Waals surface area (Å²) in [6.45, 7) is 0. The molecule has 28 heavy (non-hydrogen) atoms. The van der Waals surface area contributed by atoms with E-state index in [9.17, 15) is 10.5 Å². The minimum atomic E-state index is 0.351. The predicted molar refractivity (Wildman–Crippen MR) is 113 cm³/mol. The van der Waals surface area contributed by atoms with E-state index >= 15 is 0 Å². The molecule has 2 atom stereocenters. The summed E-state index contributed by atoms with van der Waals surface area (Å²) in [5, 5.41) is 23.7. The van der Waals surface area contributed by atoms with Crippen molar-refractivity contribution >= 4 is 27.6 Å². The van der Waals surface area contributed by atoms with E-state index in [1.807, 2.05) is 0 Å². The van der Waals surface area contributed by atoms with Crippen LogP contribution in [0.4, 0.5) is 0 Å². The van der Waals surface area contributed by atoms with Crippen LogP contribution in [0.1, 0.15) is 31.2 Å². The van der Waals surface area contributed by atoms with Crippen LogP contribution in [-0.4, -0.2) is 0 Å². The smallest absolute Gasteiger partial charge is 0.129 e. The van der Waals surface area contributed by atoms with Gasteiger partial charge in [-0.15, -0.1) is 0 Å². The van der Waals surface area contributed by atoms with Crippen LogP contribution in [0.2, 0.25) is 0 Å². The molecule has 0 unspecified atom stereocenters. The summed E-state index contributed by atoms with van der Waals surface area (Å²) in [7, 11) is 0. The maximum absolute atomic E-state index is 9.30. The fourth-order valence-corrected chi connectivity index (χ4v) is 5.15. The van der Waals surface area contributed by atoms with Crippen molar-refractivity contribution < 1.29 is 0 Å². The lowest BCUT2D eigenvalue weighted by atomic mass is 9.64. The molecular weight excluding hydrogens is 340 g/mol. The van der Waals surface area contributed by atoms with Gasteiger partial charge in [-0.2, -0.15) is 10.5 Å². The van der Waals surface area contributed by atoms with Crippen LogP contribution in [0.3, 0.4) is 0 Å². The molecule has 2 nitrogen and oxygen atoms in total. The van der Waals surface area contributed by atoms with Gasteiger partial charge in [-0.25, -0.2) is 0 Å². The Hall–Kier alpha value is -3.36. The van der Waals surface area contributed by atoms with Crippen molar-refractivity contribution in [1.29, 1.82) is 10.5 Å². The first-order chi connectivity index (χ1) is 13.8. The lowest BCUT2D eigenvalue weighted by Crippen LogP contribution is -2.28. The highest BCUT2D eigenvalue weighted by Crippen LogP contribution is 2.49. The van der Waals surface area contributed by atoms with E-state index in [4.69, 9.17) is 0 Å². The fraction of sp³-hybridized carbons (Fsp3) is 0.231. The van der Waals surface area contributed by atoms with E-state index in [0.717, 1.165) is 31.3 Å². The molecule has 0 spiro atoms. The summed E-state index contributed by atoms with van der Waals surface area (Å²) in [4.78, 5) is 0. The van der Waals surface area contributed by atoms with Gasteiger partial charge in [0.05, 0.1) is 0 Å². The molecule has 0 saturated heterocycles. The number of allylic oxidation sites excluding steroid dienone is 3. The quantitative estimate of drug-likeness (QED) is 0.365. The number of fused-ring (bicyclic) bond motifs is 5. The van der Waals surface area contributed by atoms with E-state index in [2.05, 4.69) is 72.8 Å². The second-order valence-electron chi connectivity index (χ2n) is 7.96. The topological polar surface area (TPSA) is 47.6 Å². The zero-order valence-corrected chi connectivity index (χ0v) is 15.7. The first-order valence-electron chi connectivity index (χ1n) is 9.92. The van der Waals surface area contributed by atoms with Crippen LogP contribution in [0, 0.1) is 34.5 Å². The van der Waals surface area contributed by atoms with Crippen LogP contribution in [0.5, 0.6) is 0 Å². The highest BCUT2D eigenvalue weighted by Gasteiger charge is 2.36. The number of benzene rings is 3. The molecule has 3 aliphatic rings. The summed E-state index contributed by atoms with van der Waals surface area (Å²) in [6, 6.07) is 23.7. The van der Waals surface area contributed by atoms with Gasteiger partial charge in [0.2, 0.25) is 0 Å². The fourth-order valence-electron chi connectivity index (χ4n) is 5.15. The van der Waals surface area contributed by atoms with Gasteiger partial charge in [0.1, 0.15) is 17.7 Å². The van der Waals surface area contributed by atoms with Crippen molar-refractivity contribution in [1.82, 2.24) is 0 Å². The Balaban J connectivity index is 1.67. The van der Waals surface area contributed by atoms with E-state index < -0.39 is 0 Å². The second-order valence-corrected chi connectivity index (χ2v) is 7.96. The van der Waals surface area contributed by atoms with Crippen LogP contribution in [-0.2, 0) is 0 Å². The lowest BCUT2D eigenvalue weighted by molar-refractivity contribution is 0.314. The number of hydrogen-bond acceptors (Lipinski definition) is 2. The Bertz CT molecular complexity index is 1180. The highest BCUT2D eigenvalue weighted by molar-refractivity contribution is 6.06. The van der Waals surface area contributed by atoms with E-state index in [0.29, 0.717) is 17.4 Å². The van der Waals surface area contributed by atoms with Crippen molar-refractivity contribution in [3.05, 3.63) is 76.9 Å². The number of nitriles is 2. The molecule has 0 heterocycles. The Morgan fingerprint density at radius 3 is 2.00 bits per heavy atom. The number of nitrogens with zero attached hydrogens (tertiary/aromatic N) is 2. The molecule has 0 amide bonds. The Kier molecular flexibility index (Phi) is 4.00. The Morgan fingerprint density at radius 2 is 1.43 bits per heavy atom. The van der Waals surface area contributed by atoms with Crippen molar-refractivity contribution in [2.45, 2.75) is 25.7 Å². The molecule has 3 saturated carbocycles. The van der Waals surface area contributed by atoms with Gasteiger partial charge < -0.3 is 0 Å². The molecule has 134 valence electrons. The first-order valence-corrected chi connectivity index (χ1v) is 9.92. The Morgan fingerprint density at radius 1 is 0.821 bits per heavy atom. The van der Waals surface area contributed by atoms with Gasteiger partial charge in [0.25, 0.3) is 0 Å². The van der Waals surface area contributed by atoms with Gasteiger partial charge in [-0.1, -0.05) is 60.2 Å². The van der Waals surface area contributed by atoms with E-state index in [1.54, 1.807) is 0 Å². The lowest BCUT2D eigenvalue weighted by Gasteiger charge is -2.40. The molecule has 0 radical (unpaired) electrons. The molecule has 0 aliphatic heterocycles. The van der Waals surface area contributed by atoms with Gasteiger partial charge in [-0.05, 0) is 76.3 Å². The third-order valence-corrected chi connectivity index (χ3v) is 6.52. The first kappa shape index (κ1) is 16.8. The predicted octanol–water partition coefficient (Wildman–Crippen LogP) is 6.54. The molecule has 6 rings (SSSR count). The molecule has 0 aromatic heterocycles. The summed E-state index contributed by atoms with van der Waals surface area (Å²) < 4.78 is 0. The summed E-state index contributed by atoms with van der Waals surface area (Å²) in [5.41, 5.74) is 4.24. The van der Waals surface area contributed by atoms with Crippen molar-refractivity contribution in [2.75, 3.05) is 0 Å². The zero-order chi connectivity index (χ0) is 19.1. The summed E-state index contributed by atoms with van der Waals surface area (Å²) in [6.07, 6.45) is 6.52. The van der Waals surface area contributed by atoms with Crippen molar-refractivity contribution in [2.24, 2.45) is 11.8 Å². The average molecular weight is 360 g/mol. The molecule has 2 heteroatoms. The standard InChI is InChI=1S/C26H20N2/c27-15-22(16-28)25-13-17-9-10-20(25)12-21(17)14-26-23-7-3-1-5-18(23)11-19-6-2-4-8-24(19)26/h1-8,11,14,17,20H,9-10,12-13H2/b21-14+/t17-,20-/m1/s1. The van der Waals surface area contributed by atoms with Gasteiger partial charge in [-0.3, -0.25) is 0 Å². The number of hydrogen-bond donors (Lipinski definition) is 0. The van der Waals surface area contributed by atoms with E-state index in [1.165, 1.54) is 32.7 Å². The van der Waals surface area contributed by atoms with Crippen LogP contribution >= 0.6 is 0 Å². The highest BCUT2D eigenvalue weighted by atomic mass is 14.4. The summed E-state index contributed by atoms with van der Waals surface area (Å²) in [5.74, 6) is 0.807. The van der Waals surface area contributed by atoms with Gasteiger partial charge in [0.15, 0.2) is 0 Å². The number of rotatable bonds is 1. The SMILES string of the molecule is N#CC(C#N)=C1C[C@H]2CC[C@@H]1C/C2=C\c1c2ccccc2cc2ccccc12. The van der Waals surface area contributed by atoms with Crippen LogP contribution < -0.4 is 0 Å². The largest absolute Gasteiger partial charge is 0.192 e. The molecule has 3 aromatic carbocycles. The second kappa shape index (κ2) is 6.66. The van der Waals surface area contributed by atoms with Crippen molar-refractivity contribution in [3.63, 3.8) is 0 Å². The molecular formula is C26H20N2. The normalized spacial score (nSPS) is 22.4. The third-order valence-electron chi connectivity index (χ3n) is 6.52. The van der Waals surface area contributed by atoms with Crippen LogP contribution in [0.25, 0.3) is 27.6 Å². The minimum Gasteiger partial charge on any atom is -0.192 e. The molecule has 3 aliphatic carbocycles.